The van der Waals surface area contributed by atoms with Crippen LogP contribution in [-0.4, -0.2) is 8.42 Å². The lowest BCUT2D eigenvalue weighted by molar-refractivity contribution is 0.602. The summed E-state index contributed by atoms with van der Waals surface area (Å²) in [4.78, 5) is 0. The smallest absolute Gasteiger partial charge is 0.272 e. The van der Waals surface area contributed by atoms with Gasteiger partial charge in [0.1, 0.15) is 5.82 Å². The van der Waals surface area contributed by atoms with Crippen molar-refractivity contribution >= 4 is 58.9 Å². The molecule has 96 valence electrons. The fourth-order valence-electron chi connectivity index (χ4n) is 1.23. The van der Waals surface area contributed by atoms with Crippen LogP contribution >= 0.6 is 43.2 Å². The van der Waals surface area contributed by atoms with Crippen LogP contribution in [-0.2, 0) is 10.0 Å². The number of rotatable bonds is 3. The average Bonchev–Trinajstić information content (AvgIpc) is 2.70. The van der Waals surface area contributed by atoms with Gasteiger partial charge in [-0.05, 0) is 61.5 Å². The van der Waals surface area contributed by atoms with Crippen molar-refractivity contribution < 1.29 is 12.8 Å². The van der Waals surface area contributed by atoms with E-state index in [1.54, 1.807) is 11.4 Å². The number of nitrogens with one attached hydrogen (secondary N) is 1. The summed E-state index contributed by atoms with van der Waals surface area (Å²) < 4.78 is 40.4. The number of halogens is 3. The Hall–Kier alpha value is -0.440. The van der Waals surface area contributed by atoms with Crippen LogP contribution in [0.15, 0.2) is 42.8 Å². The quantitative estimate of drug-likeness (QED) is 0.817. The van der Waals surface area contributed by atoms with Crippen LogP contribution in [0.5, 0.6) is 0 Å². The molecule has 0 radical (unpaired) electrons. The summed E-state index contributed by atoms with van der Waals surface area (Å²) in [7, 11) is -3.65. The van der Waals surface area contributed by atoms with Crippen LogP contribution in [0.1, 0.15) is 0 Å². The molecule has 1 aromatic carbocycles. The van der Waals surface area contributed by atoms with Crippen LogP contribution in [0.25, 0.3) is 0 Å². The van der Waals surface area contributed by atoms with Gasteiger partial charge in [0.2, 0.25) is 0 Å². The molecule has 2 rings (SSSR count). The summed E-state index contributed by atoms with van der Waals surface area (Å²) in [6.07, 6.45) is 0. The fraction of sp³-hybridized carbons (Fsp3) is 0. The van der Waals surface area contributed by atoms with Crippen molar-refractivity contribution in [3.8, 4) is 0 Å². The van der Waals surface area contributed by atoms with Gasteiger partial charge in [0.15, 0.2) is 4.21 Å². The highest BCUT2D eigenvalue weighted by Crippen LogP contribution is 2.30. The van der Waals surface area contributed by atoms with Crippen molar-refractivity contribution in [2.45, 2.75) is 4.21 Å². The van der Waals surface area contributed by atoms with Crippen molar-refractivity contribution in [2.24, 2.45) is 0 Å². The number of sulfonamides is 1. The monoisotopic (exact) mass is 413 g/mol. The van der Waals surface area contributed by atoms with Gasteiger partial charge in [-0.15, -0.1) is 11.3 Å². The zero-order chi connectivity index (χ0) is 13.3. The summed E-state index contributed by atoms with van der Waals surface area (Å²) >= 11 is 7.26. The van der Waals surface area contributed by atoms with Crippen molar-refractivity contribution in [1.29, 1.82) is 0 Å². The van der Waals surface area contributed by atoms with E-state index in [9.17, 15) is 12.8 Å². The Morgan fingerprint density at radius 3 is 2.44 bits per heavy atom. The van der Waals surface area contributed by atoms with E-state index in [1.807, 2.05) is 0 Å². The molecule has 0 spiro atoms. The van der Waals surface area contributed by atoms with Crippen LogP contribution in [0, 0.1) is 5.82 Å². The Labute approximate surface area is 124 Å². The van der Waals surface area contributed by atoms with E-state index in [-0.39, 0.29) is 8.68 Å². The molecule has 3 nitrogen and oxygen atoms in total. The van der Waals surface area contributed by atoms with Gasteiger partial charge < -0.3 is 0 Å². The Bertz CT molecular complexity index is 685. The second-order valence-corrected chi connectivity index (χ2v) is 7.79. The van der Waals surface area contributed by atoms with E-state index in [1.165, 1.54) is 18.2 Å². The summed E-state index contributed by atoms with van der Waals surface area (Å²) in [5.41, 5.74) is 0.295. The summed E-state index contributed by atoms with van der Waals surface area (Å²) in [5.74, 6) is -0.449. The fourth-order valence-corrected chi connectivity index (χ4v) is 5.00. The van der Waals surface area contributed by atoms with Gasteiger partial charge in [-0.3, -0.25) is 4.72 Å². The predicted octanol–water partition coefficient (Wildman–Crippen LogP) is 4.21. The van der Waals surface area contributed by atoms with Gasteiger partial charge in [-0.2, -0.15) is 0 Å². The lowest BCUT2D eigenvalue weighted by Crippen LogP contribution is -2.12. The molecule has 0 bridgehead atoms. The Balaban J connectivity index is 2.34. The maximum Gasteiger partial charge on any atom is 0.272 e. The molecule has 1 N–H and O–H groups in total. The molecule has 0 aliphatic rings. The Morgan fingerprint density at radius 2 is 1.89 bits per heavy atom. The van der Waals surface area contributed by atoms with Crippen molar-refractivity contribution in [2.75, 3.05) is 4.72 Å². The SMILES string of the molecule is O=S(=O)(Nc1ccc(F)c(Br)c1)c1sccc1Br. The third kappa shape index (κ3) is 2.93. The zero-order valence-corrected chi connectivity index (χ0v) is 13.5. The van der Waals surface area contributed by atoms with Gasteiger partial charge in [0, 0.05) is 4.47 Å². The number of hydrogen-bond donors (Lipinski definition) is 1. The number of anilines is 1. The molecule has 1 heterocycles. The molecule has 2 aromatic rings. The predicted molar refractivity (Wildman–Crippen MR) is 76.9 cm³/mol. The third-order valence-corrected chi connectivity index (χ3v) is 6.66. The first-order chi connectivity index (χ1) is 8.40. The maximum absolute atomic E-state index is 13.0. The largest absolute Gasteiger partial charge is 0.279 e. The summed E-state index contributed by atoms with van der Waals surface area (Å²) in [6.45, 7) is 0. The molecular weight excluding hydrogens is 409 g/mol. The molecular formula is C10H6Br2FNO2S2. The molecule has 0 aliphatic carbocycles. The van der Waals surface area contributed by atoms with Crippen molar-refractivity contribution in [3.05, 3.63) is 44.4 Å². The minimum absolute atomic E-state index is 0.183. The number of hydrogen-bond acceptors (Lipinski definition) is 3. The molecule has 18 heavy (non-hydrogen) atoms. The zero-order valence-electron chi connectivity index (χ0n) is 8.65. The molecule has 0 unspecified atom stereocenters. The number of benzene rings is 1. The van der Waals surface area contributed by atoms with Crippen LogP contribution in [0.2, 0.25) is 0 Å². The topological polar surface area (TPSA) is 46.2 Å². The van der Waals surface area contributed by atoms with Crippen LogP contribution in [0.3, 0.4) is 0 Å². The lowest BCUT2D eigenvalue weighted by atomic mass is 10.3. The van der Waals surface area contributed by atoms with Gasteiger partial charge >= 0.3 is 0 Å². The molecule has 0 saturated heterocycles. The molecule has 0 atom stereocenters. The van der Waals surface area contributed by atoms with Crippen molar-refractivity contribution in [3.63, 3.8) is 0 Å². The normalized spacial score (nSPS) is 11.5. The van der Waals surface area contributed by atoms with E-state index in [0.29, 0.717) is 10.2 Å². The Kier molecular flexibility index (Phi) is 4.10. The highest BCUT2D eigenvalue weighted by Gasteiger charge is 2.19. The van der Waals surface area contributed by atoms with Gasteiger partial charge in [-0.25, -0.2) is 12.8 Å². The average molecular weight is 415 g/mol. The van der Waals surface area contributed by atoms with Crippen LogP contribution in [0.4, 0.5) is 10.1 Å². The molecule has 0 aliphatic heterocycles. The second kappa shape index (κ2) is 5.28. The summed E-state index contributed by atoms with van der Waals surface area (Å²) in [5, 5.41) is 1.67. The first-order valence-corrected chi connectivity index (χ1v) is 8.56. The van der Waals surface area contributed by atoms with E-state index in [4.69, 9.17) is 0 Å². The number of thiophene rings is 1. The molecule has 0 amide bonds. The van der Waals surface area contributed by atoms with E-state index in [2.05, 4.69) is 36.6 Å². The minimum atomic E-state index is -3.65. The highest BCUT2D eigenvalue weighted by molar-refractivity contribution is 9.10. The van der Waals surface area contributed by atoms with E-state index >= 15 is 0 Å². The van der Waals surface area contributed by atoms with E-state index in [0.717, 1.165) is 11.3 Å². The first kappa shape index (κ1) is 14.0. The lowest BCUT2D eigenvalue weighted by Gasteiger charge is -2.07. The minimum Gasteiger partial charge on any atom is -0.279 e. The first-order valence-electron chi connectivity index (χ1n) is 4.61. The maximum atomic E-state index is 13.0. The summed E-state index contributed by atoms with van der Waals surface area (Å²) in [6, 6.07) is 5.57. The highest BCUT2D eigenvalue weighted by atomic mass is 79.9. The van der Waals surface area contributed by atoms with Gasteiger partial charge in [0.05, 0.1) is 10.2 Å². The molecule has 0 saturated carbocycles. The molecule has 0 fully saturated rings. The van der Waals surface area contributed by atoms with Crippen molar-refractivity contribution in [1.82, 2.24) is 0 Å². The third-order valence-electron chi connectivity index (χ3n) is 2.00. The molecule has 8 heteroatoms. The standard InChI is InChI=1S/C10H6Br2FNO2S2/c11-7-3-4-17-10(7)18(15,16)14-6-1-2-9(13)8(12)5-6/h1-5,14H. The second-order valence-electron chi connectivity index (χ2n) is 3.29. The van der Waals surface area contributed by atoms with Gasteiger partial charge in [-0.1, -0.05) is 0 Å². The molecule has 1 aromatic heterocycles. The Morgan fingerprint density at radius 1 is 1.17 bits per heavy atom. The van der Waals surface area contributed by atoms with E-state index < -0.39 is 15.8 Å². The van der Waals surface area contributed by atoms with Crippen LogP contribution < -0.4 is 4.72 Å². The van der Waals surface area contributed by atoms with Gasteiger partial charge in [0.25, 0.3) is 10.0 Å².